The Morgan fingerprint density at radius 2 is 2.07 bits per heavy atom. The minimum atomic E-state index is 0. The summed E-state index contributed by atoms with van der Waals surface area (Å²) in [6, 6.07) is 0. The molecule has 0 saturated heterocycles. The number of thiazole rings is 1. The van der Waals surface area contributed by atoms with Crippen LogP contribution in [0.5, 0.6) is 0 Å². The van der Waals surface area contributed by atoms with Gasteiger partial charge in [0.1, 0.15) is 0 Å². The van der Waals surface area contributed by atoms with E-state index in [1.807, 2.05) is 18.5 Å². The monoisotopic (exact) mass is 506 g/mol. The normalized spacial score (nSPS) is 11.4. The highest BCUT2D eigenvalue weighted by atomic mass is 127. The molecule has 0 aliphatic carbocycles. The van der Waals surface area contributed by atoms with Gasteiger partial charge in [-0.1, -0.05) is 0 Å². The van der Waals surface area contributed by atoms with Gasteiger partial charge < -0.3 is 15.4 Å². The highest BCUT2D eigenvalue weighted by molar-refractivity contribution is 14.0. The molecule has 7 nitrogen and oxygen atoms in total. The van der Waals surface area contributed by atoms with Gasteiger partial charge in [0.05, 0.1) is 36.1 Å². The van der Waals surface area contributed by atoms with Gasteiger partial charge in [-0.25, -0.2) is 9.98 Å². The number of halogens is 1. The Kier molecular flexibility index (Phi) is 10.9. The Bertz CT molecular complexity index is 728. The van der Waals surface area contributed by atoms with Crippen LogP contribution in [-0.2, 0) is 24.2 Å². The van der Waals surface area contributed by atoms with Crippen LogP contribution in [0.3, 0.4) is 0 Å². The molecule has 9 heteroatoms. The first-order valence-corrected chi connectivity index (χ1v) is 9.88. The lowest BCUT2D eigenvalue weighted by atomic mass is 10.2. The molecule has 0 spiro atoms. The molecule has 0 saturated carbocycles. The van der Waals surface area contributed by atoms with Crippen LogP contribution in [0, 0.1) is 20.8 Å². The molecule has 0 fully saturated rings. The van der Waals surface area contributed by atoms with Gasteiger partial charge in [-0.2, -0.15) is 5.10 Å². The summed E-state index contributed by atoms with van der Waals surface area (Å²) in [5.41, 5.74) is 4.48. The first kappa shape index (κ1) is 23.8. The number of ether oxygens (including phenoxy) is 1. The van der Waals surface area contributed by atoms with Crippen molar-refractivity contribution in [1.29, 1.82) is 0 Å². The average Bonchev–Trinajstić information content (AvgIpc) is 3.14. The second-order valence-corrected chi connectivity index (χ2v) is 7.16. The Balaban J connectivity index is 0.00000364. The van der Waals surface area contributed by atoms with Crippen molar-refractivity contribution in [3.8, 4) is 0 Å². The fourth-order valence-corrected chi connectivity index (χ4v) is 3.34. The van der Waals surface area contributed by atoms with Crippen molar-refractivity contribution in [3.63, 3.8) is 0 Å². The van der Waals surface area contributed by atoms with Gasteiger partial charge in [-0.15, -0.1) is 35.3 Å². The summed E-state index contributed by atoms with van der Waals surface area (Å²) in [5, 5.41) is 14.5. The first-order chi connectivity index (χ1) is 12.5. The Morgan fingerprint density at radius 1 is 1.30 bits per heavy atom. The van der Waals surface area contributed by atoms with Crippen LogP contribution in [0.15, 0.2) is 10.4 Å². The second kappa shape index (κ2) is 12.3. The number of hydrogen-bond acceptors (Lipinski definition) is 5. The predicted octanol–water partition coefficient (Wildman–Crippen LogP) is 2.83. The summed E-state index contributed by atoms with van der Waals surface area (Å²) in [4.78, 5) is 9.22. The lowest BCUT2D eigenvalue weighted by Gasteiger charge is -2.11. The van der Waals surface area contributed by atoms with Gasteiger partial charge in [0, 0.05) is 43.3 Å². The molecule has 0 bridgehead atoms. The van der Waals surface area contributed by atoms with Crippen molar-refractivity contribution in [2.45, 2.75) is 47.2 Å². The summed E-state index contributed by atoms with van der Waals surface area (Å²) in [6.45, 7) is 11.9. The van der Waals surface area contributed by atoms with E-state index in [1.165, 1.54) is 5.56 Å². The minimum absolute atomic E-state index is 0. The van der Waals surface area contributed by atoms with Gasteiger partial charge in [0.15, 0.2) is 5.96 Å². The molecule has 0 amide bonds. The largest absolute Gasteiger partial charge is 0.383 e. The van der Waals surface area contributed by atoms with E-state index in [-0.39, 0.29) is 24.0 Å². The van der Waals surface area contributed by atoms with E-state index in [4.69, 9.17) is 9.73 Å². The zero-order chi connectivity index (χ0) is 18.9. The smallest absolute Gasteiger partial charge is 0.191 e. The van der Waals surface area contributed by atoms with Crippen LogP contribution < -0.4 is 10.6 Å². The van der Waals surface area contributed by atoms with Crippen molar-refractivity contribution in [2.75, 3.05) is 26.8 Å². The number of aryl methyl sites for hydroxylation is 2. The predicted molar refractivity (Wildman–Crippen MR) is 122 cm³/mol. The number of aromatic nitrogens is 3. The molecule has 0 aliphatic heterocycles. The molecule has 2 N–H and O–H groups in total. The molecule has 2 aromatic rings. The molecule has 0 atom stereocenters. The molecular weight excluding hydrogens is 475 g/mol. The molecule has 152 valence electrons. The van der Waals surface area contributed by atoms with Crippen molar-refractivity contribution in [3.05, 3.63) is 33.0 Å². The van der Waals surface area contributed by atoms with E-state index in [0.717, 1.165) is 54.1 Å². The fraction of sp³-hybridized carbons (Fsp3) is 0.611. The van der Waals surface area contributed by atoms with Crippen LogP contribution in [0.4, 0.5) is 0 Å². The number of nitrogens with zero attached hydrogens (tertiary/aromatic N) is 4. The second-order valence-electron chi connectivity index (χ2n) is 6.10. The van der Waals surface area contributed by atoms with E-state index in [1.54, 1.807) is 18.4 Å². The lowest BCUT2D eigenvalue weighted by Crippen LogP contribution is -2.38. The molecule has 27 heavy (non-hydrogen) atoms. The number of aliphatic imine (C=N–C) groups is 1. The topological polar surface area (TPSA) is 76.4 Å². The van der Waals surface area contributed by atoms with E-state index in [0.29, 0.717) is 13.2 Å². The van der Waals surface area contributed by atoms with Crippen LogP contribution in [-0.4, -0.2) is 47.5 Å². The van der Waals surface area contributed by atoms with Crippen LogP contribution in [0.2, 0.25) is 0 Å². The number of hydrogen-bond donors (Lipinski definition) is 2. The summed E-state index contributed by atoms with van der Waals surface area (Å²) >= 11 is 1.69. The maximum Gasteiger partial charge on any atom is 0.191 e. The zero-order valence-corrected chi connectivity index (χ0v) is 20.0. The van der Waals surface area contributed by atoms with E-state index < -0.39 is 0 Å². The number of methoxy groups -OCH3 is 1. The summed E-state index contributed by atoms with van der Waals surface area (Å²) in [5.74, 6) is 0.822. The van der Waals surface area contributed by atoms with Gasteiger partial charge in [0.25, 0.3) is 0 Å². The van der Waals surface area contributed by atoms with Crippen molar-refractivity contribution >= 4 is 41.3 Å². The lowest BCUT2D eigenvalue weighted by molar-refractivity contribution is 0.182. The number of nitrogens with one attached hydrogen (secondary N) is 2. The Morgan fingerprint density at radius 3 is 2.70 bits per heavy atom. The maximum atomic E-state index is 5.15. The molecule has 2 heterocycles. The highest BCUT2D eigenvalue weighted by Crippen LogP contribution is 2.14. The molecule has 0 aliphatic rings. The van der Waals surface area contributed by atoms with E-state index in [2.05, 4.69) is 39.9 Å². The van der Waals surface area contributed by atoms with Gasteiger partial charge in [-0.05, 0) is 27.7 Å². The summed E-state index contributed by atoms with van der Waals surface area (Å²) in [6.07, 6.45) is 0.891. The third kappa shape index (κ3) is 7.38. The van der Waals surface area contributed by atoms with Crippen molar-refractivity contribution in [2.24, 2.45) is 4.99 Å². The third-order valence-corrected chi connectivity index (χ3v) is 4.94. The number of guanidine groups is 1. The highest BCUT2D eigenvalue weighted by Gasteiger charge is 2.11. The maximum absolute atomic E-state index is 5.15. The molecule has 0 unspecified atom stereocenters. The van der Waals surface area contributed by atoms with Crippen molar-refractivity contribution in [1.82, 2.24) is 25.4 Å². The Labute approximate surface area is 183 Å². The molecule has 0 radical (unpaired) electrons. The van der Waals surface area contributed by atoms with Crippen molar-refractivity contribution < 1.29 is 4.74 Å². The standard InChI is InChI=1S/C18H30N6OS.HI/c1-6-19-18(20-8-7-16-12-26-15(4)22-16)21-11-17-13(2)23-24(14(17)3)9-10-25-5;/h12H,6-11H2,1-5H3,(H2,19,20,21);1H. The minimum Gasteiger partial charge on any atom is -0.383 e. The molecule has 2 aromatic heterocycles. The molecule has 0 aromatic carbocycles. The zero-order valence-electron chi connectivity index (χ0n) is 16.8. The average molecular weight is 506 g/mol. The first-order valence-electron chi connectivity index (χ1n) is 9.00. The molecular formula is C18H31IN6OS. The van der Waals surface area contributed by atoms with Gasteiger partial charge >= 0.3 is 0 Å². The fourth-order valence-electron chi connectivity index (χ4n) is 2.69. The molecule has 2 rings (SSSR count). The van der Waals surface area contributed by atoms with E-state index >= 15 is 0 Å². The SMILES string of the molecule is CCNC(=NCc1c(C)nn(CCOC)c1C)NCCc1csc(C)n1.I. The van der Waals surface area contributed by atoms with Gasteiger partial charge in [0.2, 0.25) is 0 Å². The summed E-state index contributed by atoms with van der Waals surface area (Å²) in [7, 11) is 1.71. The third-order valence-electron chi connectivity index (χ3n) is 4.12. The summed E-state index contributed by atoms with van der Waals surface area (Å²) < 4.78 is 7.14. The van der Waals surface area contributed by atoms with Crippen LogP contribution in [0.1, 0.15) is 34.6 Å². The van der Waals surface area contributed by atoms with E-state index in [9.17, 15) is 0 Å². The Hall–Kier alpha value is -1.20. The number of rotatable bonds is 9. The van der Waals surface area contributed by atoms with Gasteiger partial charge in [-0.3, -0.25) is 4.68 Å². The van der Waals surface area contributed by atoms with Crippen LogP contribution in [0.25, 0.3) is 0 Å². The van der Waals surface area contributed by atoms with Crippen LogP contribution >= 0.6 is 35.3 Å². The quantitative estimate of drug-likeness (QED) is 0.311.